The van der Waals surface area contributed by atoms with Gasteiger partial charge in [0.2, 0.25) is 0 Å². The molecule has 68 heavy (non-hydrogen) atoms. The van der Waals surface area contributed by atoms with E-state index in [1.807, 2.05) is 24.3 Å². The van der Waals surface area contributed by atoms with Crippen LogP contribution in [-0.4, -0.2) is 19.1 Å². The second-order valence-electron chi connectivity index (χ2n) is 17.7. The molecule has 0 saturated heterocycles. The molecule has 14 aromatic rings. The Labute approximate surface area is 392 Å². The van der Waals surface area contributed by atoms with E-state index in [-0.39, 0.29) is 0 Å². The van der Waals surface area contributed by atoms with Crippen molar-refractivity contribution in [3.05, 3.63) is 243 Å². The SMILES string of the molecule is c1ccc(-c2cc(-c3cccc(-n4c5ccccc5c5ccc(-c6ccc7c(c6)c6ccccc6n7-c6ccc7c8ccccc8c8ccccc8c7c6)cc54)c3)nc(-c3ccccc3)n2)cc1. The van der Waals surface area contributed by atoms with E-state index in [0.29, 0.717) is 5.82 Å². The summed E-state index contributed by atoms with van der Waals surface area (Å²) in [5.41, 5.74) is 14.1. The maximum absolute atomic E-state index is 5.18. The summed E-state index contributed by atoms with van der Waals surface area (Å²) in [6, 6.07) is 87.6. The quantitative estimate of drug-likeness (QED) is 0.156. The number of hydrogen-bond acceptors (Lipinski definition) is 2. The van der Waals surface area contributed by atoms with Gasteiger partial charge < -0.3 is 9.13 Å². The summed E-state index contributed by atoms with van der Waals surface area (Å²) in [6.45, 7) is 0. The van der Waals surface area contributed by atoms with Crippen LogP contribution in [-0.2, 0) is 0 Å². The lowest BCUT2D eigenvalue weighted by atomic mass is 9.94. The number of aromatic nitrogens is 4. The lowest BCUT2D eigenvalue weighted by Gasteiger charge is -2.14. The molecule has 14 rings (SSSR count). The van der Waals surface area contributed by atoms with Crippen LogP contribution >= 0.6 is 0 Å². The Kier molecular flexibility index (Phi) is 8.55. The molecule has 0 aliphatic rings. The lowest BCUT2D eigenvalue weighted by molar-refractivity contribution is 1.16. The Hall–Kier alpha value is -9.12. The van der Waals surface area contributed by atoms with Crippen LogP contribution in [0.25, 0.3) is 132 Å². The highest BCUT2D eigenvalue weighted by molar-refractivity contribution is 6.25. The zero-order valence-electron chi connectivity index (χ0n) is 36.9. The first-order valence-electron chi connectivity index (χ1n) is 23.2. The van der Waals surface area contributed by atoms with Crippen LogP contribution in [0.15, 0.2) is 243 Å². The topological polar surface area (TPSA) is 35.6 Å². The number of fused-ring (bicyclic) bond motifs is 12. The normalized spacial score (nSPS) is 11.8. The maximum Gasteiger partial charge on any atom is 0.160 e. The van der Waals surface area contributed by atoms with E-state index in [9.17, 15) is 0 Å². The van der Waals surface area contributed by atoms with Crippen LogP contribution < -0.4 is 0 Å². The molecule has 0 aliphatic heterocycles. The molecule has 316 valence electrons. The summed E-state index contributed by atoms with van der Waals surface area (Å²) in [7, 11) is 0. The van der Waals surface area contributed by atoms with Gasteiger partial charge in [0.25, 0.3) is 0 Å². The molecule has 4 nitrogen and oxygen atoms in total. The van der Waals surface area contributed by atoms with Gasteiger partial charge in [0.15, 0.2) is 5.82 Å². The van der Waals surface area contributed by atoms with Crippen molar-refractivity contribution in [3.63, 3.8) is 0 Å². The van der Waals surface area contributed by atoms with Gasteiger partial charge in [-0.05, 0) is 104 Å². The fourth-order valence-corrected chi connectivity index (χ4v) is 10.8. The second-order valence-corrected chi connectivity index (χ2v) is 17.7. The van der Waals surface area contributed by atoms with Gasteiger partial charge in [-0.3, -0.25) is 0 Å². The Morgan fingerprint density at radius 3 is 1.37 bits per heavy atom. The summed E-state index contributed by atoms with van der Waals surface area (Å²) in [5.74, 6) is 0.702. The Bertz CT molecular complexity index is 4220. The molecule has 0 aliphatic carbocycles. The molecule has 0 atom stereocenters. The Morgan fingerprint density at radius 2 is 0.676 bits per heavy atom. The van der Waals surface area contributed by atoms with E-state index in [4.69, 9.17) is 9.97 Å². The van der Waals surface area contributed by atoms with Crippen LogP contribution in [0, 0.1) is 0 Å². The minimum atomic E-state index is 0.702. The van der Waals surface area contributed by atoms with Crippen molar-refractivity contribution >= 4 is 75.9 Å². The van der Waals surface area contributed by atoms with Crippen molar-refractivity contribution in [2.24, 2.45) is 0 Å². The predicted molar refractivity (Wildman–Crippen MR) is 285 cm³/mol. The number of hydrogen-bond donors (Lipinski definition) is 0. The minimum absolute atomic E-state index is 0.702. The highest BCUT2D eigenvalue weighted by Gasteiger charge is 2.19. The molecule has 0 N–H and O–H groups in total. The average molecular weight is 865 g/mol. The van der Waals surface area contributed by atoms with Crippen LogP contribution in [0.3, 0.4) is 0 Å². The van der Waals surface area contributed by atoms with Gasteiger partial charge >= 0.3 is 0 Å². The standard InChI is InChI=1S/C64H40N4/c1-3-16-41(17-4-1)58-40-59(66-64(65-58)42-18-5-2-6-19-42)45-20-15-21-46(36-45)68-60-28-13-11-26-53(60)55-33-30-44(38-63(55)68)43-31-35-62-57(37-43)54-27-12-14-29-61(54)67(62)47-32-34-52-50-24-8-7-22-48(50)49-23-9-10-25-51(49)56(52)39-47/h1-40H. The molecule has 0 saturated carbocycles. The molecular formula is C64H40N4. The van der Waals surface area contributed by atoms with Crippen LogP contribution in [0.4, 0.5) is 0 Å². The number of benzene rings is 11. The van der Waals surface area contributed by atoms with Crippen LogP contribution in [0.5, 0.6) is 0 Å². The van der Waals surface area contributed by atoms with E-state index in [2.05, 4.69) is 228 Å². The van der Waals surface area contributed by atoms with E-state index < -0.39 is 0 Å². The molecule has 4 heteroatoms. The zero-order valence-corrected chi connectivity index (χ0v) is 36.9. The second kappa shape index (κ2) is 15.2. The monoisotopic (exact) mass is 864 g/mol. The number of rotatable bonds is 6. The van der Waals surface area contributed by atoms with Crippen molar-refractivity contribution in [1.29, 1.82) is 0 Å². The molecule has 3 aromatic heterocycles. The summed E-state index contributed by atoms with van der Waals surface area (Å²) >= 11 is 0. The molecule has 0 radical (unpaired) electrons. The fourth-order valence-electron chi connectivity index (χ4n) is 10.8. The van der Waals surface area contributed by atoms with Crippen LogP contribution in [0.2, 0.25) is 0 Å². The van der Waals surface area contributed by atoms with Gasteiger partial charge in [-0.15, -0.1) is 0 Å². The molecule has 3 heterocycles. The molecule has 0 amide bonds. The van der Waals surface area contributed by atoms with Crippen molar-refractivity contribution in [1.82, 2.24) is 19.1 Å². The third-order valence-electron chi connectivity index (χ3n) is 13.9. The smallest absolute Gasteiger partial charge is 0.160 e. The van der Waals surface area contributed by atoms with Crippen molar-refractivity contribution in [2.75, 3.05) is 0 Å². The van der Waals surface area contributed by atoms with Gasteiger partial charge in [-0.2, -0.15) is 0 Å². The first-order chi connectivity index (χ1) is 33.7. The summed E-state index contributed by atoms with van der Waals surface area (Å²) in [5, 5.41) is 12.5. The highest BCUT2D eigenvalue weighted by atomic mass is 15.0. The summed E-state index contributed by atoms with van der Waals surface area (Å²) in [6.07, 6.45) is 0. The van der Waals surface area contributed by atoms with Crippen LogP contribution in [0.1, 0.15) is 0 Å². The molecule has 0 bridgehead atoms. The molecule has 11 aromatic carbocycles. The molecule has 0 unspecified atom stereocenters. The third kappa shape index (κ3) is 6.01. The van der Waals surface area contributed by atoms with Gasteiger partial charge in [0.05, 0.1) is 33.5 Å². The largest absolute Gasteiger partial charge is 0.309 e. The average Bonchev–Trinajstić information content (AvgIpc) is 3.93. The molecule has 0 fully saturated rings. The maximum atomic E-state index is 5.18. The van der Waals surface area contributed by atoms with Gasteiger partial charge in [-0.25, -0.2) is 9.97 Å². The zero-order chi connectivity index (χ0) is 44.7. The van der Waals surface area contributed by atoms with E-state index in [1.165, 1.54) is 70.5 Å². The van der Waals surface area contributed by atoms with E-state index in [0.717, 1.165) is 56.0 Å². The highest BCUT2D eigenvalue weighted by Crippen LogP contribution is 2.41. The van der Waals surface area contributed by atoms with Gasteiger partial charge in [0, 0.05) is 49.6 Å². The Morgan fingerprint density at radius 1 is 0.221 bits per heavy atom. The van der Waals surface area contributed by atoms with Crippen molar-refractivity contribution in [3.8, 4) is 56.4 Å². The first-order valence-corrected chi connectivity index (χ1v) is 23.2. The fraction of sp³-hybridized carbons (Fsp3) is 0. The minimum Gasteiger partial charge on any atom is -0.309 e. The van der Waals surface area contributed by atoms with Gasteiger partial charge in [0.1, 0.15) is 0 Å². The third-order valence-corrected chi connectivity index (χ3v) is 13.9. The van der Waals surface area contributed by atoms with Crippen molar-refractivity contribution in [2.45, 2.75) is 0 Å². The van der Waals surface area contributed by atoms with Gasteiger partial charge in [-0.1, -0.05) is 182 Å². The molecule has 0 spiro atoms. The van der Waals surface area contributed by atoms with E-state index >= 15 is 0 Å². The van der Waals surface area contributed by atoms with Crippen molar-refractivity contribution < 1.29 is 0 Å². The molecular weight excluding hydrogens is 825 g/mol. The first kappa shape index (κ1) is 38.2. The number of para-hydroxylation sites is 2. The summed E-state index contributed by atoms with van der Waals surface area (Å²) in [4.78, 5) is 10.2. The van der Waals surface area contributed by atoms with E-state index in [1.54, 1.807) is 0 Å². The number of nitrogens with zero attached hydrogens (tertiary/aromatic N) is 4. The lowest BCUT2D eigenvalue weighted by Crippen LogP contribution is -1.98. The Balaban J connectivity index is 0.915. The predicted octanol–water partition coefficient (Wildman–Crippen LogP) is 16.8. The summed E-state index contributed by atoms with van der Waals surface area (Å²) < 4.78 is 4.85.